The van der Waals surface area contributed by atoms with E-state index in [1.165, 1.54) is 24.3 Å². The third-order valence-corrected chi connectivity index (χ3v) is 3.64. The van der Waals surface area contributed by atoms with Gasteiger partial charge in [-0.05, 0) is 54.6 Å². The number of benzene rings is 2. The van der Waals surface area contributed by atoms with E-state index >= 15 is 0 Å². The highest BCUT2D eigenvalue weighted by Crippen LogP contribution is 2.24. The van der Waals surface area contributed by atoms with Gasteiger partial charge in [0.25, 0.3) is 5.91 Å². The van der Waals surface area contributed by atoms with Gasteiger partial charge in [0.15, 0.2) is 5.58 Å². The van der Waals surface area contributed by atoms with Crippen molar-refractivity contribution in [2.75, 3.05) is 5.32 Å². The molecule has 1 amide bonds. The minimum absolute atomic E-state index is 0.315. The van der Waals surface area contributed by atoms with Crippen molar-refractivity contribution in [1.29, 1.82) is 0 Å². The molecule has 0 saturated heterocycles. The third-order valence-electron chi connectivity index (χ3n) is 3.64. The monoisotopic (exact) mass is 333 g/mol. The Bertz CT molecular complexity index is 1040. The van der Waals surface area contributed by atoms with E-state index in [1.54, 1.807) is 30.5 Å². The van der Waals surface area contributed by atoms with Gasteiger partial charge in [0.2, 0.25) is 5.89 Å². The van der Waals surface area contributed by atoms with Crippen molar-refractivity contribution in [3.63, 3.8) is 0 Å². The normalized spacial score (nSPS) is 10.8. The zero-order valence-corrected chi connectivity index (χ0v) is 12.9. The highest BCUT2D eigenvalue weighted by Gasteiger charge is 2.12. The number of fused-ring (bicyclic) bond motifs is 1. The lowest BCUT2D eigenvalue weighted by molar-refractivity contribution is 0.102. The van der Waals surface area contributed by atoms with Crippen LogP contribution in [0.25, 0.3) is 22.7 Å². The average molecular weight is 333 g/mol. The Morgan fingerprint density at radius 3 is 2.64 bits per heavy atom. The Hall–Kier alpha value is -3.54. The smallest absolute Gasteiger partial charge is 0.255 e. The lowest BCUT2D eigenvalue weighted by Crippen LogP contribution is -2.11. The van der Waals surface area contributed by atoms with Crippen molar-refractivity contribution in [1.82, 2.24) is 9.97 Å². The molecule has 6 heteroatoms. The minimum atomic E-state index is -0.358. The first-order chi connectivity index (χ1) is 12.2. The summed E-state index contributed by atoms with van der Waals surface area (Å²) in [6, 6.07) is 16.0. The zero-order valence-electron chi connectivity index (χ0n) is 12.9. The van der Waals surface area contributed by atoms with E-state index in [0.29, 0.717) is 33.9 Å². The first kappa shape index (κ1) is 15.0. The quantitative estimate of drug-likeness (QED) is 0.607. The number of aromatic nitrogens is 2. The lowest BCUT2D eigenvalue weighted by atomic mass is 10.2. The van der Waals surface area contributed by atoms with Crippen LogP contribution in [0, 0.1) is 5.82 Å². The molecule has 0 aliphatic carbocycles. The number of anilines is 1. The number of hydrogen-bond acceptors (Lipinski definition) is 4. The second-order valence-electron chi connectivity index (χ2n) is 5.38. The number of oxazole rings is 1. The highest BCUT2D eigenvalue weighted by molar-refractivity contribution is 6.05. The van der Waals surface area contributed by atoms with Crippen LogP contribution in [0.4, 0.5) is 10.1 Å². The molecule has 0 fully saturated rings. The summed E-state index contributed by atoms with van der Waals surface area (Å²) in [5.74, 6) is -0.279. The van der Waals surface area contributed by atoms with Gasteiger partial charge in [-0.1, -0.05) is 6.07 Å². The highest BCUT2D eigenvalue weighted by atomic mass is 19.1. The number of hydrogen-bond donors (Lipinski definition) is 1. The first-order valence-electron chi connectivity index (χ1n) is 7.58. The number of nitrogens with one attached hydrogen (secondary N) is 1. The molecule has 122 valence electrons. The molecule has 0 bridgehead atoms. The zero-order chi connectivity index (χ0) is 17.2. The summed E-state index contributed by atoms with van der Waals surface area (Å²) >= 11 is 0. The summed E-state index contributed by atoms with van der Waals surface area (Å²) in [6.07, 6.45) is 1.66. The van der Waals surface area contributed by atoms with E-state index in [1.807, 2.05) is 12.1 Å². The van der Waals surface area contributed by atoms with Gasteiger partial charge in [-0.25, -0.2) is 9.37 Å². The molecular weight excluding hydrogens is 321 g/mol. The molecule has 0 radical (unpaired) electrons. The van der Waals surface area contributed by atoms with Gasteiger partial charge < -0.3 is 9.73 Å². The number of carbonyl (C=O) groups excluding carboxylic acids is 1. The summed E-state index contributed by atoms with van der Waals surface area (Å²) in [5, 5.41) is 2.71. The van der Waals surface area contributed by atoms with E-state index < -0.39 is 0 Å². The fourth-order valence-electron chi connectivity index (χ4n) is 2.40. The maximum absolute atomic E-state index is 12.9. The number of nitrogens with zero attached hydrogens (tertiary/aromatic N) is 2. The third kappa shape index (κ3) is 3.10. The Labute approximate surface area is 142 Å². The molecule has 1 N–H and O–H groups in total. The van der Waals surface area contributed by atoms with Gasteiger partial charge in [-0.3, -0.25) is 9.78 Å². The van der Waals surface area contributed by atoms with Crippen LogP contribution in [0.2, 0.25) is 0 Å². The summed E-state index contributed by atoms with van der Waals surface area (Å²) in [5.41, 5.74) is 2.68. The van der Waals surface area contributed by atoms with Gasteiger partial charge >= 0.3 is 0 Å². The largest absolute Gasteiger partial charge is 0.435 e. The van der Waals surface area contributed by atoms with Crippen LogP contribution < -0.4 is 5.32 Å². The van der Waals surface area contributed by atoms with Crippen LogP contribution in [0.3, 0.4) is 0 Å². The van der Waals surface area contributed by atoms with Gasteiger partial charge in [0.05, 0.1) is 0 Å². The van der Waals surface area contributed by atoms with E-state index in [2.05, 4.69) is 15.3 Å². The molecule has 0 unspecified atom stereocenters. The molecule has 0 aliphatic rings. The molecule has 0 aliphatic heterocycles. The predicted octanol–water partition coefficient (Wildman–Crippen LogP) is 4.28. The lowest BCUT2D eigenvalue weighted by Gasteiger charge is -2.04. The summed E-state index contributed by atoms with van der Waals surface area (Å²) in [6.45, 7) is 0. The molecule has 0 spiro atoms. The van der Waals surface area contributed by atoms with Crippen LogP contribution in [0.15, 0.2) is 71.3 Å². The van der Waals surface area contributed by atoms with E-state index in [-0.39, 0.29) is 11.7 Å². The summed E-state index contributed by atoms with van der Waals surface area (Å²) in [7, 11) is 0. The molecule has 0 atom stereocenters. The van der Waals surface area contributed by atoms with Gasteiger partial charge in [-0.15, -0.1) is 0 Å². The van der Waals surface area contributed by atoms with Crippen LogP contribution in [-0.2, 0) is 0 Å². The van der Waals surface area contributed by atoms with Gasteiger partial charge in [0, 0.05) is 17.4 Å². The SMILES string of the molecule is O=C(Nc1ccc(F)cc1)c1ccc2nc(-c3ccccn3)oc2c1. The van der Waals surface area contributed by atoms with Crippen LogP contribution in [-0.4, -0.2) is 15.9 Å². The molecule has 25 heavy (non-hydrogen) atoms. The molecule has 4 aromatic rings. The summed E-state index contributed by atoms with van der Waals surface area (Å²) in [4.78, 5) is 20.9. The fraction of sp³-hybridized carbons (Fsp3) is 0. The van der Waals surface area contributed by atoms with Crippen molar-refractivity contribution in [2.45, 2.75) is 0 Å². The topological polar surface area (TPSA) is 68.0 Å². The number of amides is 1. The van der Waals surface area contributed by atoms with Crippen LogP contribution >= 0.6 is 0 Å². The second-order valence-corrected chi connectivity index (χ2v) is 5.38. The minimum Gasteiger partial charge on any atom is -0.435 e. The van der Waals surface area contributed by atoms with Crippen molar-refractivity contribution < 1.29 is 13.6 Å². The second kappa shape index (κ2) is 6.16. The molecule has 4 rings (SSSR count). The molecule has 0 saturated carbocycles. The number of halogens is 1. The van der Waals surface area contributed by atoms with Crippen molar-refractivity contribution in [2.24, 2.45) is 0 Å². The Morgan fingerprint density at radius 2 is 1.88 bits per heavy atom. The van der Waals surface area contributed by atoms with E-state index in [4.69, 9.17) is 4.42 Å². The summed E-state index contributed by atoms with van der Waals surface area (Å²) < 4.78 is 18.6. The van der Waals surface area contributed by atoms with Gasteiger partial charge in [-0.2, -0.15) is 0 Å². The average Bonchev–Trinajstić information content (AvgIpc) is 3.07. The number of carbonyl (C=O) groups is 1. The van der Waals surface area contributed by atoms with Crippen molar-refractivity contribution in [3.8, 4) is 11.6 Å². The number of rotatable bonds is 3. The molecule has 2 aromatic carbocycles. The standard InChI is InChI=1S/C19H12FN3O2/c20-13-5-7-14(8-6-13)22-18(24)12-4-9-15-17(11-12)25-19(23-15)16-3-1-2-10-21-16/h1-11H,(H,22,24). The Balaban J connectivity index is 1.62. The molecule has 2 heterocycles. The maximum atomic E-state index is 12.9. The van der Waals surface area contributed by atoms with Crippen molar-refractivity contribution in [3.05, 3.63) is 78.2 Å². The predicted molar refractivity (Wildman–Crippen MR) is 91.6 cm³/mol. The maximum Gasteiger partial charge on any atom is 0.255 e. The molecule has 2 aromatic heterocycles. The fourth-order valence-corrected chi connectivity index (χ4v) is 2.40. The van der Waals surface area contributed by atoms with E-state index in [0.717, 1.165) is 0 Å². The molecule has 5 nitrogen and oxygen atoms in total. The van der Waals surface area contributed by atoms with Crippen LogP contribution in [0.1, 0.15) is 10.4 Å². The number of pyridine rings is 1. The van der Waals surface area contributed by atoms with Crippen LogP contribution in [0.5, 0.6) is 0 Å². The van der Waals surface area contributed by atoms with Crippen molar-refractivity contribution >= 4 is 22.7 Å². The van der Waals surface area contributed by atoms with E-state index in [9.17, 15) is 9.18 Å². The first-order valence-corrected chi connectivity index (χ1v) is 7.58. The Kier molecular flexibility index (Phi) is 3.70. The Morgan fingerprint density at radius 1 is 1.04 bits per heavy atom. The molecular formula is C19H12FN3O2. The van der Waals surface area contributed by atoms with Gasteiger partial charge in [0.1, 0.15) is 17.0 Å².